The Morgan fingerprint density at radius 3 is 2.70 bits per heavy atom. The zero-order valence-electron chi connectivity index (χ0n) is 12.8. The number of nitrogens with zero attached hydrogens (tertiary/aromatic N) is 1. The van der Waals surface area contributed by atoms with E-state index in [0.29, 0.717) is 17.9 Å². The van der Waals surface area contributed by atoms with E-state index in [9.17, 15) is 9.59 Å². The maximum atomic E-state index is 12.0. The van der Waals surface area contributed by atoms with E-state index in [1.807, 2.05) is 12.1 Å². The highest BCUT2D eigenvalue weighted by atomic mass is 16.5. The molecule has 0 bridgehead atoms. The van der Waals surface area contributed by atoms with Gasteiger partial charge in [0.25, 0.3) is 0 Å². The minimum absolute atomic E-state index is 0.329. The smallest absolute Gasteiger partial charge is 0.411 e. The van der Waals surface area contributed by atoms with Crippen LogP contribution >= 0.6 is 0 Å². The summed E-state index contributed by atoms with van der Waals surface area (Å²) >= 11 is 0. The second-order valence-corrected chi connectivity index (χ2v) is 4.79. The number of nitrogens with one attached hydrogen (secondary N) is 1. The molecule has 0 saturated carbocycles. The lowest BCUT2D eigenvalue weighted by molar-refractivity contribution is 0.0500. The van der Waals surface area contributed by atoms with Gasteiger partial charge in [0.05, 0.1) is 19.3 Å². The summed E-state index contributed by atoms with van der Waals surface area (Å²) < 4.78 is 9.74. The second kappa shape index (κ2) is 8.53. The van der Waals surface area contributed by atoms with E-state index in [2.05, 4.69) is 15.0 Å². The Labute approximate surface area is 134 Å². The van der Waals surface area contributed by atoms with Gasteiger partial charge in [0, 0.05) is 18.1 Å². The van der Waals surface area contributed by atoms with Crippen LogP contribution in [0.2, 0.25) is 0 Å². The van der Waals surface area contributed by atoms with Crippen molar-refractivity contribution in [3.05, 3.63) is 59.9 Å². The Morgan fingerprint density at radius 2 is 1.96 bits per heavy atom. The summed E-state index contributed by atoms with van der Waals surface area (Å²) in [5, 5.41) is 2.50. The summed E-state index contributed by atoms with van der Waals surface area (Å²) in [6.45, 7) is 0.329. The van der Waals surface area contributed by atoms with Crippen LogP contribution in [0, 0.1) is 0 Å². The van der Waals surface area contributed by atoms with Crippen molar-refractivity contribution in [3.8, 4) is 0 Å². The molecule has 23 heavy (non-hydrogen) atoms. The number of aromatic nitrogens is 1. The molecule has 1 aromatic heterocycles. The highest BCUT2D eigenvalue weighted by Crippen LogP contribution is 2.12. The molecule has 0 aliphatic heterocycles. The van der Waals surface area contributed by atoms with Crippen molar-refractivity contribution < 1.29 is 19.1 Å². The number of benzene rings is 1. The lowest BCUT2D eigenvalue weighted by atomic mass is 10.1. The van der Waals surface area contributed by atoms with E-state index in [1.165, 1.54) is 7.11 Å². The third kappa shape index (κ3) is 5.43. The second-order valence-electron chi connectivity index (χ2n) is 4.79. The molecule has 0 aliphatic carbocycles. The molecule has 2 aromatic rings. The maximum absolute atomic E-state index is 12.0. The summed E-state index contributed by atoms with van der Waals surface area (Å²) in [5.41, 5.74) is 2.01. The van der Waals surface area contributed by atoms with Crippen LogP contribution in [0.4, 0.5) is 10.5 Å². The Hall–Kier alpha value is -2.89. The molecule has 0 fully saturated rings. The number of methoxy groups -OCH3 is 1. The van der Waals surface area contributed by atoms with Crippen LogP contribution in [0.1, 0.15) is 22.3 Å². The first-order chi connectivity index (χ1) is 11.2. The molecular formula is C17H18N2O4. The topological polar surface area (TPSA) is 77.5 Å². The maximum Gasteiger partial charge on any atom is 0.411 e. The van der Waals surface area contributed by atoms with E-state index in [0.717, 1.165) is 18.4 Å². The van der Waals surface area contributed by atoms with Crippen LogP contribution in [0.3, 0.4) is 0 Å². The number of rotatable bonds is 6. The fourth-order valence-electron chi connectivity index (χ4n) is 1.97. The summed E-state index contributed by atoms with van der Waals surface area (Å²) in [4.78, 5) is 27.1. The zero-order chi connectivity index (χ0) is 16.5. The molecule has 0 saturated heterocycles. The van der Waals surface area contributed by atoms with Crippen molar-refractivity contribution in [3.63, 3.8) is 0 Å². The minimum atomic E-state index is -0.590. The number of hydrogen-bond acceptors (Lipinski definition) is 5. The van der Waals surface area contributed by atoms with Gasteiger partial charge >= 0.3 is 12.1 Å². The van der Waals surface area contributed by atoms with Crippen LogP contribution in [-0.2, 0) is 15.9 Å². The highest BCUT2D eigenvalue weighted by molar-refractivity contribution is 5.92. The molecule has 6 heteroatoms. The number of amides is 1. The molecule has 0 aliphatic rings. The molecule has 6 nitrogen and oxygen atoms in total. The number of aryl methyl sites for hydroxylation is 1. The number of esters is 1. The molecule has 1 amide bonds. The lowest BCUT2D eigenvalue weighted by Gasteiger charge is -2.07. The van der Waals surface area contributed by atoms with Crippen molar-refractivity contribution in [2.24, 2.45) is 0 Å². The van der Waals surface area contributed by atoms with Gasteiger partial charge in [0.2, 0.25) is 0 Å². The third-order valence-electron chi connectivity index (χ3n) is 3.12. The molecule has 0 unspecified atom stereocenters. The molecule has 2 rings (SSSR count). The van der Waals surface area contributed by atoms with Crippen LogP contribution in [-0.4, -0.2) is 30.8 Å². The van der Waals surface area contributed by atoms with Crippen LogP contribution in [0.25, 0.3) is 0 Å². The molecule has 1 aromatic carbocycles. The first-order valence-electron chi connectivity index (χ1n) is 7.20. The van der Waals surface area contributed by atoms with Gasteiger partial charge in [-0.25, -0.2) is 9.59 Å². The number of carbonyl (C=O) groups excluding carboxylic acids is 2. The van der Waals surface area contributed by atoms with Gasteiger partial charge in [-0.3, -0.25) is 10.3 Å². The van der Waals surface area contributed by atoms with E-state index < -0.39 is 12.1 Å². The van der Waals surface area contributed by atoms with Crippen molar-refractivity contribution in [1.29, 1.82) is 0 Å². The summed E-state index contributed by atoms with van der Waals surface area (Å²) in [6, 6.07) is 10.4. The minimum Gasteiger partial charge on any atom is -0.462 e. The van der Waals surface area contributed by atoms with Crippen LogP contribution < -0.4 is 5.32 Å². The van der Waals surface area contributed by atoms with Gasteiger partial charge in [-0.2, -0.15) is 0 Å². The SMILES string of the molecule is COC(=O)Nc1cccc(C(=O)OCCCc2ccncc2)c1. The Morgan fingerprint density at radius 1 is 1.17 bits per heavy atom. The average molecular weight is 314 g/mol. The van der Waals surface area contributed by atoms with Gasteiger partial charge in [0.1, 0.15) is 0 Å². The number of pyridine rings is 1. The number of anilines is 1. The summed E-state index contributed by atoms with van der Waals surface area (Å²) in [6.07, 6.45) is 4.44. The third-order valence-corrected chi connectivity index (χ3v) is 3.12. The molecule has 0 radical (unpaired) electrons. The average Bonchev–Trinajstić information content (AvgIpc) is 2.59. The quantitative estimate of drug-likeness (QED) is 0.655. The lowest BCUT2D eigenvalue weighted by Crippen LogP contribution is -2.12. The standard InChI is InChI=1S/C17H18N2O4/c1-22-17(21)19-15-6-2-5-14(12-15)16(20)23-11-3-4-13-7-9-18-10-8-13/h2,5-10,12H,3-4,11H2,1H3,(H,19,21). The Bertz CT molecular complexity index is 659. The Kier molecular flexibility index (Phi) is 6.11. The highest BCUT2D eigenvalue weighted by Gasteiger charge is 2.09. The number of hydrogen-bond donors (Lipinski definition) is 1. The molecule has 120 valence electrons. The first kappa shape index (κ1) is 16.5. The van der Waals surface area contributed by atoms with Gasteiger partial charge < -0.3 is 9.47 Å². The fourth-order valence-corrected chi connectivity index (χ4v) is 1.97. The van der Waals surface area contributed by atoms with Gasteiger partial charge in [0.15, 0.2) is 0 Å². The fraction of sp³-hybridized carbons (Fsp3) is 0.235. The monoisotopic (exact) mass is 314 g/mol. The van der Waals surface area contributed by atoms with Crippen molar-refractivity contribution >= 4 is 17.7 Å². The van der Waals surface area contributed by atoms with Gasteiger partial charge in [-0.1, -0.05) is 6.07 Å². The predicted molar refractivity (Wildman–Crippen MR) is 85.3 cm³/mol. The first-order valence-corrected chi connectivity index (χ1v) is 7.20. The molecule has 1 heterocycles. The molecule has 0 spiro atoms. The summed E-state index contributed by atoms with van der Waals surface area (Å²) in [7, 11) is 1.27. The van der Waals surface area contributed by atoms with E-state index in [1.54, 1.807) is 36.7 Å². The van der Waals surface area contributed by atoms with Crippen molar-refractivity contribution in [2.75, 3.05) is 19.0 Å². The predicted octanol–water partition coefficient (Wildman–Crippen LogP) is 3.05. The van der Waals surface area contributed by atoms with E-state index in [-0.39, 0.29) is 0 Å². The number of carbonyl (C=O) groups is 2. The van der Waals surface area contributed by atoms with Crippen molar-refractivity contribution in [1.82, 2.24) is 4.98 Å². The molecular weight excluding hydrogens is 296 g/mol. The summed E-state index contributed by atoms with van der Waals surface area (Å²) in [5.74, 6) is -0.423. The van der Waals surface area contributed by atoms with Crippen LogP contribution in [0.15, 0.2) is 48.8 Å². The van der Waals surface area contributed by atoms with Gasteiger partial charge in [-0.05, 0) is 48.7 Å². The van der Waals surface area contributed by atoms with E-state index >= 15 is 0 Å². The van der Waals surface area contributed by atoms with Crippen molar-refractivity contribution in [2.45, 2.75) is 12.8 Å². The number of ether oxygens (including phenoxy) is 2. The normalized spacial score (nSPS) is 9.96. The van der Waals surface area contributed by atoms with E-state index in [4.69, 9.17) is 4.74 Å². The van der Waals surface area contributed by atoms with Crippen LogP contribution in [0.5, 0.6) is 0 Å². The van der Waals surface area contributed by atoms with Gasteiger partial charge in [-0.15, -0.1) is 0 Å². The largest absolute Gasteiger partial charge is 0.462 e. The Balaban J connectivity index is 1.81. The zero-order valence-corrected chi connectivity index (χ0v) is 12.8. The molecule has 0 atom stereocenters. The molecule has 1 N–H and O–H groups in total.